The fraction of sp³-hybridized carbons (Fsp3) is 0.500. The van der Waals surface area contributed by atoms with Crippen molar-refractivity contribution in [1.29, 1.82) is 0 Å². The number of carbonyl (C=O) groups excluding carboxylic acids is 2. The van der Waals surface area contributed by atoms with Crippen LogP contribution < -0.4 is 0 Å². The summed E-state index contributed by atoms with van der Waals surface area (Å²) in [7, 11) is 0. The van der Waals surface area contributed by atoms with Gasteiger partial charge in [-0.15, -0.1) is 0 Å². The summed E-state index contributed by atoms with van der Waals surface area (Å²) in [6.07, 6.45) is 0.655. The Morgan fingerprint density at radius 1 is 1.71 bits per heavy atom. The van der Waals surface area contributed by atoms with Crippen molar-refractivity contribution in [3.63, 3.8) is 0 Å². The molecule has 3 heteroatoms. The Kier molecular flexibility index (Phi) is 10.2. The van der Waals surface area contributed by atoms with E-state index in [0.29, 0.717) is 6.29 Å². The van der Waals surface area contributed by atoms with E-state index in [1.807, 2.05) is 0 Å². The van der Waals surface area contributed by atoms with Crippen LogP contribution in [0.25, 0.3) is 0 Å². The molecule has 0 N–H and O–H groups in total. The van der Waals surface area contributed by atoms with Gasteiger partial charge >= 0.3 is 0 Å². The average Bonchev–Trinajstić information content (AvgIpc) is 1.35. The van der Waals surface area contributed by atoms with Crippen molar-refractivity contribution in [3.8, 4) is 0 Å². The van der Waals surface area contributed by atoms with Gasteiger partial charge in [0, 0.05) is 41.7 Å². The van der Waals surface area contributed by atoms with E-state index in [1.165, 1.54) is 6.92 Å². The number of hydrogen-bond donors (Lipinski definition) is 0. The maximum atomic E-state index is 9.81. The fourth-order valence-electron chi connectivity index (χ4n) is 0.117. The van der Waals surface area contributed by atoms with Crippen LogP contribution in [0.15, 0.2) is 0 Å². The minimum absolute atomic E-state index is 0. The molecule has 0 aromatic carbocycles. The molecule has 0 spiro atoms. The molecule has 0 amide bonds. The molecule has 0 rings (SSSR count). The predicted octanol–water partition coefficient (Wildman–Crippen LogP) is 0.164. The first-order valence-electron chi connectivity index (χ1n) is 1.70. The quantitative estimate of drug-likeness (QED) is 0.496. The molecule has 0 unspecified atom stereocenters. The molecule has 0 aliphatic carbocycles. The Balaban J connectivity index is 0. The predicted molar refractivity (Wildman–Crippen MR) is 21.4 cm³/mol. The maximum absolute atomic E-state index is 9.81. The summed E-state index contributed by atoms with van der Waals surface area (Å²) < 4.78 is 0. The van der Waals surface area contributed by atoms with Crippen LogP contribution in [0.1, 0.15) is 13.3 Å². The molecule has 7 heavy (non-hydrogen) atoms. The van der Waals surface area contributed by atoms with Crippen LogP contribution >= 0.6 is 0 Å². The summed E-state index contributed by atoms with van der Waals surface area (Å²) in [6, 6.07) is 0. The first kappa shape index (κ1) is 10.7. The van der Waals surface area contributed by atoms with Crippen molar-refractivity contribution in [2.75, 3.05) is 0 Å². The number of hydrogen-bond acceptors (Lipinski definition) is 2. The van der Waals surface area contributed by atoms with Gasteiger partial charge in [0.1, 0.15) is 12.1 Å². The minimum atomic E-state index is -0.0787. The summed E-state index contributed by atoms with van der Waals surface area (Å²) in [4.78, 5) is 19.2. The maximum Gasteiger partial charge on any atom is 0.136 e. The molecule has 0 aromatic rings. The van der Waals surface area contributed by atoms with E-state index in [-0.39, 0.29) is 54.0 Å². The molecular weight excluding hydrogens is 220 g/mol. The first-order valence-corrected chi connectivity index (χ1v) is 1.70. The number of rotatable bonds is 2. The van der Waals surface area contributed by atoms with Gasteiger partial charge in [0.15, 0.2) is 0 Å². The Morgan fingerprint density at radius 2 is 2.14 bits per heavy atom. The van der Waals surface area contributed by atoms with Crippen molar-refractivity contribution in [2.24, 2.45) is 0 Å². The molecule has 0 aliphatic rings. The molecule has 0 fully saturated rings. The molecule has 0 saturated carbocycles. The second kappa shape index (κ2) is 6.72. The Hall–Kier alpha value is 0.717. The van der Waals surface area contributed by atoms with Gasteiger partial charge in [0.05, 0.1) is 6.42 Å². The Bertz CT molecular complexity index is 70.1. The van der Waals surface area contributed by atoms with Gasteiger partial charge in [0.2, 0.25) is 0 Å². The third kappa shape index (κ3) is 10.8. The normalized spacial score (nSPS) is 6.43. The van der Waals surface area contributed by atoms with E-state index >= 15 is 0 Å². The molecule has 0 bridgehead atoms. The van der Waals surface area contributed by atoms with Crippen molar-refractivity contribution < 1.29 is 51.3 Å². The summed E-state index contributed by atoms with van der Waals surface area (Å²) in [5.74, 6) is -0.0787. The molecule has 0 atom stereocenters. The van der Waals surface area contributed by atoms with Gasteiger partial charge in [-0.3, -0.25) is 4.79 Å². The van der Waals surface area contributed by atoms with Gasteiger partial charge in [-0.25, -0.2) is 0 Å². The van der Waals surface area contributed by atoms with Crippen LogP contribution in [0.2, 0.25) is 0 Å². The SMILES string of the molecule is CC(=O)CC=O.[Ce]. The largest absolute Gasteiger partial charge is 0.303 e. The van der Waals surface area contributed by atoms with E-state index in [2.05, 4.69) is 0 Å². The summed E-state index contributed by atoms with van der Waals surface area (Å²) >= 11 is 0. The van der Waals surface area contributed by atoms with Crippen LogP contribution in [0.4, 0.5) is 0 Å². The number of aldehydes is 1. The topological polar surface area (TPSA) is 34.1 Å². The fourth-order valence-corrected chi connectivity index (χ4v) is 0.117. The van der Waals surface area contributed by atoms with Crippen LogP contribution in [0, 0.1) is 41.7 Å². The second-order valence-corrected chi connectivity index (χ2v) is 1.07. The van der Waals surface area contributed by atoms with E-state index in [4.69, 9.17) is 0 Å². The van der Waals surface area contributed by atoms with Crippen LogP contribution in [-0.2, 0) is 9.59 Å². The van der Waals surface area contributed by atoms with Crippen molar-refractivity contribution in [3.05, 3.63) is 0 Å². The molecule has 0 radical (unpaired) electrons. The summed E-state index contributed by atoms with van der Waals surface area (Å²) in [5, 5.41) is 0. The van der Waals surface area contributed by atoms with Gasteiger partial charge in [-0.1, -0.05) is 0 Å². The van der Waals surface area contributed by atoms with Gasteiger partial charge in [0.25, 0.3) is 0 Å². The summed E-state index contributed by atoms with van der Waals surface area (Å²) in [5.41, 5.74) is 0. The molecule has 2 nitrogen and oxygen atoms in total. The number of Topliss-reactive ketones (excluding diaryl/α,β-unsaturated/α-hetero) is 1. The molecule has 0 heterocycles. The molecule has 0 aromatic heterocycles. The molecule has 0 aliphatic heterocycles. The third-order valence-electron chi connectivity index (χ3n) is 0.371. The third-order valence-corrected chi connectivity index (χ3v) is 0.371. The van der Waals surface area contributed by atoms with Gasteiger partial charge in [-0.05, 0) is 6.92 Å². The Labute approximate surface area is 76.0 Å². The Morgan fingerprint density at radius 3 is 2.14 bits per heavy atom. The van der Waals surface area contributed by atoms with Gasteiger partial charge in [-0.2, -0.15) is 0 Å². The summed E-state index contributed by atoms with van der Waals surface area (Å²) in [6.45, 7) is 1.38. The van der Waals surface area contributed by atoms with E-state index < -0.39 is 0 Å². The van der Waals surface area contributed by atoms with Crippen LogP contribution in [-0.4, -0.2) is 12.1 Å². The second-order valence-electron chi connectivity index (χ2n) is 1.07. The van der Waals surface area contributed by atoms with E-state index in [9.17, 15) is 9.59 Å². The average molecular weight is 226 g/mol. The zero-order valence-electron chi connectivity index (χ0n) is 4.10. The van der Waals surface area contributed by atoms with Crippen molar-refractivity contribution in [1.82, 2.24) is 0 Å². The number of carbonyl (C=O) groups is 2. The smallest absolute Gasteiger partial charge is 0.136 e. The molecule has 38 valence electrons. The standard InChI is InChI=1S/C4H6O2.Ce/c1-4(6)2-3-5;/h3H,2H2,1H3;. The van der Waals surface area contributed by atoms with Crippen molar-refractivity contribution >= 4 is 12.1 Å². The molecule has 0 saturated heterocycles. The first-order chi connectivity index (χ1) is 2.77. The molecular formula is C4H6CeO2. The van der Waals surface area contributed by atoms with E-state index in [1.54, 1.807) is 0 Å². The van der Waals surface area contributed by atoms with Crippen LogP contribution in [0.3, 0.4) is 0 Å². The zero-order chi connectivity index (χ0) is 4.99. The van der Waals surface area contributed by atoms with Crippen molar-refractivity contribution in [2.45, 2.75) is 13.3 Å². The van der Waals surface area contributed by atoms with Crippen LogP contribution in [0.5, 0.6) is 0 Å². The minimum Gasteiger partial charge on any atom is -0.303 e. The van der Waals surface area contributed by atoms with Gasteiger partial charge < -0.3 is 4.79 Å². The number of ketones is 1. The zero-order valence-corrected chi connectivity index (χ0v) is 7.24. The van der Waals surface area contributed by atoms with E-state index in [0.717, 1.165) is 0 Å². The monoisotopic (exact) mass is 226 g/mol.